The van der Waals surface area contributed by atoms with Gasteiger partial charge in [0, 0.05) is 5.56 Å². The number of aromatic hydroxyl groups is 1. The molecule has 9 heteroatoms. The van der Waals surface area contributed by atoms with Crippen molar-refractivity contribution in [2.24, 2.45) is 4.99 Å². The summed E-state index contributed by atoms with van der Waals surface area (Å²) in [6, 6.07) is 15.6. The number of phenols is 1. The minimum absolute atomic E-state index is 0.00358. The minimum atomic E-state index is -0.817. The predicted octanol–water partition coefficient (Wildman–Crippen LogP) is 3.67. The number of hydrogen-bond acceptors (Lipinski definition) is 8. The molecule has 0 unspecified atom stereocenters. The average molecular weight is 531 g/mol. The number of fused-ring (bicyclic) bond motifs is 2. The van der Waals surface area contributed by atoms with Gasteiger partial charge in [-0.2, -0.15) is 0 Å². The fourth-order valence-electron chi connectivity index (χ4n) is 4.74. The number of phenolic OH excluding ortho intramolecular Hbond substituents is 1. The van der Waals surface area contributed by atoms with Gasteiger partial charge in [-0.15, -0.1) is 0 Å². The number of allylic oxidation sites excluding steroid dienone is 1. The summed E-state index contributed by atoms with van der Waals surface area (Å²) >= 11 is 1.22. The van der Waals surface area contributed by atoms with E-state index >= 15 is 0 Å². The first kappa shape index (κ1) is 25.3. The molecule has 0 spiro atoms. The SMILES string of the molecule is CCOC(=O)C1=C(C)N=c2sc(=Cc3ccc(O)c(OC)c3)c(=O)n2[C@@H]1c1c(OC)ccc2ccccc12. The molecule has 8 nitrogen and oxygen atoms in total. The molecule has 4 aromatic rings. The van der Waals surface area contributed by atoms with Gasteiger partial charge in [-0.3, -0.25) is 9.36 Å². The lowest BCUT2D eigenvalue weighted by atomic mass is 9.90. The quantitative estimate of drug-likeness (QED) is 0.382. The molecule has 194 valence electrons. The number of methoxy groups -OCH3 is 2. The zero-order valence-corrected chi connectivity index (χ0v) is 22.2. The summed E-state index contributed by atoms with van der Waals surface area (Å²) in [5.74, 6) is 0.309. The lowest BCUT2D eigenvalue weighted by Gasteiger charge is -2.27. The van der Waals surface area contributed by atoms with Crippen LogP contribution in [0.5, 0.6) is 17.2 Å². The fourth-order valence-corrected chi connectivity index (χ4v) is 5.78. The smallest absolute Gasteiger partial charge is 0.338 e. The highest BCUT2D eigenvalue weighted by atomic mass is 32.1. The van der Waals surface area contributed by atoms with Gasteiger partial charge in [0.25, 0.3) is 5.56 Å². The molecule has 38 heavy (non-hydrogen) atoms. The van der Waals surface area contributed by atoms with Crippen molar-refractivity contribution in [3.63, 3.8) is 0 Å². The van der Waals surface area contributed by atoms with Crippen LogP contribution in [0.3, 0.4) is 0 Å². The monoisotopic (exact) mass is 530 g/mol. The molecule has 0 radical (unpaired) electrons. The van der Waals surface area contributed by atoms with Crippen LogP contribution in [0.1, 0.15) is 31.0 Å². The van der Waals surface area contributed by atoms with Crippen LogP contribution < -0.4 is 24.4 Å². The topological polar surface area (TPSA) is 99.4 Å². The molecule has 1 aliphatic rings. The molecule has 2 heterocycles. The van der Waals surface area contributed by atoms with Gasteiger partial charge in [0.2, 0.25) is 0 Å². The van der Waals surface area contributed by atoms with Gasteiger partial charge in [0.15, 0.2) is 16.3 Å². The number of ether oxygens (including phenoxy) is 3. The molecule has 0 bridgehead atoms. The van der Waals surface area contributed by atoms with Gasteiger partial charge >= 0.3 is 5.97 Å². The van der Waals surface area contributed by atoms with Crippen LogP contribution in [0, 0.1) is 0 Å². The van der Waals surface area contributed by atoms with Crippen LogP contribution in [0.2, 0.25) is 0 Å². The zero-order valence-electron chi connectivity index (χ0n) is 21.3. The van der Waals surface area contributed by atoms with E-state index in [-0.39, 0.29) is 23.5 Å². The van der Waals surface area contributed by atoms with E-state index in [0.717, 1.165) is 10.8 Å². The van der Waals surface area contributed by atoms with E-state index in [1.165, 1.54) is 29.1 Å². The maximum absolute atomic E-state index is 14.0. The molecule has 1 aliphatic heterocycles. The summed E-state index contributed by atoms with van der Waals surface area (Å²) in [5, 5.41) is 11.8. The maximum Gasteiger partial charge on any atom is 0.338 e. The van der Waals surface area contributed by atoms with Crippen LogP contribution >= 0.6 is 11.3 Å². The molecule has 0 saturated carbocycles. The maximum atomic E-state index is 14.0. The van der Waals surface area contributed by atoms with Crippen LogP contribution in [0.15, 0.2) is 75.7 Å². The second kappa shape index (κ2) is 10.2. The van der Waals surface area contributed by atoms with Gasteiger partial charge in [-0.1, -0.05) is 47.7 Å². The number of carbonyl (C=O) groups excluding carboxylic acids is 1. The molecule has 3 aromatic carbocycles. The third-order valence-electron chi connectivity index (χ3n) is 6.44. The Morgan fingerprint density at radius 1 is 1.11 bits per heavy atom. The molecular formula is C29H26N2O6S. The van der Waals surface area contributed by atoms with Gasteiger partial charge in [-0.25, -0.2) is 9.79 Å². The number of thiazole rings is 1. The molecule has 0 aliphatic carbocycles. The molecule has 1 aromatic heterocycles. The number of carbonyl (C=O) groups is 1. The number of esters is 1. The highest BCUT2D eigenvalue weighted by Crippen LogP contribution is 2.40. The van der Waals surface area contributed by atoms with Gasteiger partial charge in [0.1, 0.15) is 11.8 Å². The van der Waals surface area contributed by atoms with Gasteiger partial charge in [0.05, 0.1) is 36.6 Å². The predicted molar refractivity (Wildman–Crippen MR) is 146 cm³/mol. The van der Waals surface area contributed by atoms with Gasteiger partial charge < -0.3 is 19.3 Å². The Morgan fingerprint density at radius 2 is 1.87 bits per heavy atom. The number of rotatable bonds is 6. The van der Waals surface area contributed by atoms with Crippen molar-refractivity contribution < 1.29 is 24.1 Å². The molecule has 0 amide bonds. The molecule has 1 atom stereocenters. The zero-order chi connectivity index (χ0) is 27.0. The van der Waals surface area contributed by atoms with Crippen molar-refractivity contribution in [1.82, 2.24) is 4.57 Å². The Labute approximate surface area is 222 Å². The van der Waals surface area contributed by atoms with Crippen LogP contribution in [-0.4, -0.2) is 36.5 Å². The van der Waals surface area contributed by atoms with Crippen molar-refractivity contribution in [3.8, 4) is 17.2 Å². The first-order chi connectivity index (χ1) is 18.4. The number of hydrogen-bond donors (Lipinski definition) is 1. The Kier molecular flexibility index (Phi) is 6.77. The number of nitrogens with zero attached hydrogens (tertiary/aromatic N) is 2. The number of benzene rings is 3. The van der Waals surface area contributed by atoms with Crippen LogP contribution in [0.25, 0.3) is 16.8 Å². The van der Waals surface area contributed by atoms with E-state index in [2.05, 4.69) is 4.99 Å². The van der Waals surface area contributed by atoms with Crippen molar-refractivity contribution in [2.45, 2.75) is 19.9 Å². The van der Waals surface area contributed by atoms with Crippen molar-refractivity contribution in [2.75, 3.05) is 20.8 Å². The minimum Gasteiger partial charge on any atom is -0.504 e. The molecule has 1 N–H and O–H groups in total. The summed E-state index contributed by atoms with van der Waals surface area (Å²) in [5.41, 5.74) is 1.80. The summed E-state index contributed by atoms with van der Waals surface area (Å²) in [6.45, 7) is 3.67. The van der Waals surface area contributed by atoms with Crippen molar-refractivity contribution >= 4 is 34.2 Å². The van der Waals surface area contributed by atoms with Crippen LogP contribution in [0.4, 0.5) is 0 Å². The van der Waals surface area contributed by atoms with Crippen molar-refractivity contribution in [3.05, 3.63) is 96.7 Å². The van der Waals surface area contributed by atoms with E-state index in [0.29, 0.717) is 37.7 Å². The Balaban J connectivity index is 1.83. The highest BCUT2D eigenvalue weighted by molar-refractivity contribution is 7.07. The van der Waals surface area contributed by atoms with E-state index in [1.807, 2.05) is 36.4 Å². The lowest BCUT2D eigenvalue weighted by molar-refractivity contribution is -0.139. The molecule has 0 saturated heterocycles. The first-order valence-corrected chi connectivity index (χ1v) is 12.8. The summed E-state index contributed by atoms with van der Waals surface area (Å²) in [4.78, 5) is 32.4. The molecule has 0 fully saturated rings. The lowest BCUT2D eigenvalue weighted by Crippen LogP contribution is -2.40. The molecular weight excluding hydrogens is 504 g/mol. The summed E-state index contributed by atoms with van der Waals surface area (Å²) in [6.07, 6.45) is 1.71. The van der Waals surface area contributed by atoms with Crippen LogP contribution in [-0.2, 0) is 9.53 Å². The Morgan fingerprint density at radius 3 is 2.61 bits per heavy atom. The summed E-state index contributed by atoms with van der Waals surface area (Å²) in [7, 11) is 3.03. The van der Waals surface area contributed by atoms with E-state index in [9.17, 15) is 14.7 Å². The van der Waals surface area contributed by atoms with E-state index in [4.69, 9.17) is 14.2 Å². The van der Waals surface area contributed by atoms with Gasteiger partial charge in [-0.05, 0) is 54.5 Å². The average Bonchev–Trinajstić information content (AvgIpc) is 3.22. The third-order valence-corrected chi connectivity index (χ3v) is 7.43. The standard InChI is InChI=1S/C29H26N2O6S/c1-5-37-28(34)24-16(2)30-29-31(26(24)25-19-9-7-6-8-18(19)11-13-21(25)35-3)27(33)23(38-29)15-17-10-12-20(32)22(14-17)36-4/h6-15,26,32H,5H2,1-4H3/t26-/m0/s1. The third kappa shape index (κ3) is 4.24. The second-order valence-corrected chi connectivity index (χ2v) is 9.65. The Hall–Kier alpha value is -4.37. The van der Waals surface area contributed by atoms with E-state index in [1.54, 1.807) is 39.2 Å². The first-order valence-electron chi connectivity index (χ1n) is 12.0. The molecule has 5 rings (SSSR count). The summed E-state index contributed by atoms with van der Waals surface area (Å²) < 4.78 is 18.4. The fraction of sp³-hybridized carbons (Fsp3) is 0.207. The Bertz CT molecular complexity index is 1780. The number of aromatic nitrogens is 1. The largest absolute Gasteiger partial charge is 0.504 e. The normalized spacial score (nSPS) is 15.3. The highest BCUT2D eigenvalue weighted by Gasteiger charge is 2.36. The van der Waals surface area contributed by atoms with Crippen molar-refractivity contribution in [1.29, 1.82) is 0 Å². The second-order valence-electron chi connectivity index (χ2n) is 8.64. The van der Waals surface area contributed by atoms with E-state index < -0.39 is 12.0 Å².